The van der Waals surface area contributed by atoms with E-state index in [9.17, 15) is 70.7 Å². The Morgan fingerprint density at radius 3 is 1.32 bits per heavy atom. The zero-order valence-electron chi connectivity index (χ0n) is 18.0. The first-order chi connectivity index (χ1) is 16.7. The fourth-order valence-electron chi connectivity index (χ4n) is 4.71. The van der Waals surface area contributed by atoms with E-state index < -0.39 is 82.1 Å². The van der Waals surface area contributed by atoms with Gasteiger partial charge in [-0.05, 0) is 13.8 Å². The van der Waals surface area contributed by atoms with Crippen LogP contribution >= 0.6 is 12.0 Å². The third-order valence-electron chi connectivity index (χ3n) is 6.62. The maximum absolute atomic E-state index is 15.0. The van der Waals surface area contributed by atoms with Crippen LogP contribution in [0.3, 0.4) is 0 Å². The lowest BCUT2D eigenvalue weighted by Crippen LogP contribution is -3.10. The number of hydrogen-bond donors (Lipinski definition) is 1. The minimum Gasteiger partial charge on any atom is -0.462 e. The quantitative estimate of drug-likeness (QED) is 0.102. The zero-order valence-corrected chi connectivity index (χ0v) is 18.8. The molecule has 4 aliphatic carbocycles. The maximum atomic E-state index is 15.0. The van der Waals surface area contributed by atoms with Gasteiger partial charge in [0.2, 0.25) is 0 Å². The third-order valence-corrected chi connectivity index (χ3v) is 7.33. The highest BCUT2D eigenvalue weighted by atomic mass is 32.2. The summed E-state index contributed by atoms with van der Waals surface area (Å²) in [4.78, 5) is 11.8. The van der Waals surface area contributed by atoms with Gasteiger partial charge in [0.05, 0.1) is 18.6 Å². The van der Waals surface area contributed by atoms with Crippen LogP contribution in [0.1, 0.15) is 13.8 Å². The van der Waals surface area contributed by atoms with Gasteiger partial charge in [0.25, 0.3) is 5.60 Å². The molecule has 6 nitrogen and oxygen atoms in total. The Kier molecular flexibility index (Phi) is 6.28. The molecule has 4 fully saturated rings. The van der Waals surface area contributed by atoms with Gasteiger partial charge in [0, 0.05) is 0 Å². The number of rotatable bonds is 8. The Morgan fingerprint density at radius 1 is 0.658 bits per heavy atom. The monoisotopic (exact) mass is 616 g/mol. The summed E-state index contributed by atoms with van der Waals surface area (Å²) in [5, 5.41) is 11.1. The first kappa shape index (κ1) is 31.1. The number of alkyl halides is 15. The van der Waals surface area contributed by atoms with Crippen LogP contribution in [0, 0.1) is 0 Å². The Hall–Kier alpha value is -1.39. The third kappa shape index (κ3) is 2.48. The molecule has 4 saturated carbocycles. The van der Waals surface area contributed by atoms with E-state index in [1.165, 1.54) is 0 Å². The van der Waals surface area contributed by atoms with Crippen molar-refractivity contribution >= 4 is 18.0 Å². The number of carbonyl (C=O) groups is 1. The molecule has 0 radical (unpaired) electrons. The summed E-state index contributed by atoms with van der Waals surface area (Å²) in [6, 6.07) is 0. The molecule has 0 spiro atoms. The molecular formula is C16H11F15O6S. The van der Waals surface area contributed by atoms with E-state index >= 15 is 0 Å². The largest absolute Gasteiger partial charge is 0.462 e. The summed E-state index contributed by atoms with van der Waals surface area (Å²) in [6.07, 6.45) is 0. The SMILES string of the molecule is CC(C)(SOOO)C(=O)OCCOC12C(F)(F)C3(F)C(F)(F)C(F)(C(F)(F)C(F)(C3(F)F)C1(F)F)C2(F)F. The van der Waals surface area contributed by atoms with Crippen LogP contribution in [0.5, 0.6) is 0 Å². The number of hydrogen-bond acceptors (Lipinski definition) is 7. The van der Waals surface area contributed by atoms with Crippen molar-refractivity contribution < 1.29 is 94.8 Å². The molecule has 0 saturated heterocycles. The molecule has 4 aliphatic rings. The number of ether oxygens (including phenoxy) is 2. The Balaban J connectivity index is 2.17. The van der Waals surface area contributed by atoms with Gasteiger partial charge in [0.1, 0.15) is 11.4 Å². The number of esters is 1. The van der Waals surface area contributed by atoms with Crippen LogP contribution in [0.25, 0.3) is 0 Å². The molecule has 1 N–H and O–H groups in total. The highest BCUT2D eigenvalue weighted by Crippen LogP contribution is 2.88. The van der Waals surface area contributed by atoms with Crippen molar-refractivity contribution in [3.05, 3.63) is 0 Å². The van der Waals surface area contributed by atoms with Crippen molar-refractivity contribution in [2.24, 2.45) is 0 Å². The van der Waals surface area contributed by atoms with E-state index in [1.54, 1.807) is 0 Å². The molecule has 0 atom stereocenters. The molecule has 0 amide bonds. The average molecular weight is 616 g/mol. The summed E-state index contributed by atoms with van der Waals surface area (Å²) < 4.78 is 230. The number of carbonyl (C=O) groups excluding carboxylic acids is 1. The molecule has 0 aromatic rings. The van der Waals surface area contributed by atoms with Crippen molar-refractivity contribution in [3.63, 3.8) is 0 Å². The predicted molar refractivity (Wildman–Crippen MR) is 87.3 cm³/mol. The minimum absolute atomic E-state index is 0.0573. The smallest absolute Gasteiger partial charge is 0.339 e. The molecule has 38 heavy (non-hydrogen) atoms. The molecule has 0 aliphatic heterocycles. The first-order valence-electron chi connectivity index (χ1n) is 9.49. The topological polar surface area (TPSA) is 74.2 Å². The molecule has 222 valence electrons. The molecule has 0 aromatic carbocycles. The van der Waals surface area contributed by atoms with Gasteiger partial charge in [0.15, 0.2) is 0 Å². The average Bonchev–Trinajstić information content (AvgIpc) is 2.77. The Morgan fingerprint density at radius 2 is 1.00 bits per heavy atom. The Bertz CT molecular complexity index is 906. The fourth-order valence-corrected chi connectivity index (χ4v) is 5.04. The normalized spacial score (nSPS) is 40.7. The molecular weight excluding hydrogens is 605 g/mol. The van der Waals surface area contributed by atoms with Crippen LogP contribution in [-0.4, -0.2) is 87.3 Å². The molecule has 0 unspecified atom stereocenters. The van der Waals surface area contributed by atoms with Gasteiger partial charge in [-0.1, -0.05) is 5.04 Å². The van der Waals surface area contributed by atoms with E-state index in [1.807, 2.05) is 0 Å². The minimum atomic E-state index is -7.92. The van der Waals surface area contributed by atoms with Crippen LogP contribution in [0.4, 0.5) is 65.9 Å². The van der Waals surface area contributed by atoms with Crippen LogP contribution in [0.2, 0.25) is 0 Å². The van der Waals surface area contributed by atoms with Gasteiger partial charge in [-0.15, -0.1) is 4.33 Å². The van der Waals surface area contributed by atoms with Crippen LogP contribution in [-0.2, 0) is 23.6 Å². The summed E-state index contributed by atoms with van der Waals surface area (Å²) in [5.41, 5.74) is -30.4. The van der Waals surface area contributed by atoms with Gasteiger partial charge in [-0.2, -0.15) is 52.7 Å². The lowest BCUT2D eigenvalue weighted by molar-refractivity contribution is -0.619. The van der Waals surface area contributed by atoms with E-state index in [4.69, 9.17) is 5.26 Å². The Labute approximate surface area is 203 Å². The summed E-state index contributed by atoms with van der Waals surface area (Å²) >= 11 is -0.0573. The fraction of sp³-hybridized carbons (Fsp3) is 0.938. The molecule has 0 heterocycles. The van der Waals surface area contributed by atoms with E-state index in [0.29, 0.717) is 0 Å². The highest BCUT2D eigenvalue weighted by molar-refractivity contribution is 7.96. The lowest BCUT2D eigenvalue weighted by Gasteiger charge is -2.74. The summed E-state index contributed by atoms with van der Waals surface area (Å²) in [6.45, 7) is -2.38. The van der Waals surface area contributed by atoms with Crippen molar-refractivity contribution in [1.29, 1.82) is 0 Å². The van der Waals surface area contributed by atoms with Crippen molar-refractivity contribution in [2.45, 2.75) is 76.7 Å². The van der Waals surface area contributed by atoms with Crippen LogP contribution in [0.15, 0.2) is 0 Å². The second kappa shape index (κ2) is 7.66. The molecule has 0 aromatic heterocycles. The molecule has 4 bridgehead atoms. The molecule has 22 heteroatoms. The van der Waals surface area contributed by atoms with Crippen LogP contribution < -0.4 is 0 Å². The maximum Gasteiger partial charge on any atom is 0.339 e. The summed E-state index contributed by atoms with van der Waals surface area (Å²) in [5.74, 6) is -48.5. The summed E-state index contributed by atoms with van der Waals surface area (Å²) in [7, 11) is 0. The van der Waals surface area contributed by atoms with Crippen molar-refractivity contribution in [2.75, 3.05) is 13.2 Å². The van der Waals surface area contributed by atoms with E-state index in [-0.39, 0.29) is 12.0 Å². The standard InChI is InChI=1S/C16H11F15O6S/c1-6(2,38-37-36-33)5(32)34-3-4-35-10-14(26,27)7(17)11(20,21)8(18,15(10,28)29)13(24,25)9(19,12(7,22)23)16(10,30)31/h33H,3-4H2,1-2H3. The van der Waals surface area contributed by atoms with Crippen molar-refractivity contribution in [3.8, 4) is 0 Å². The lowest BCUT2D eigenvalue weighted by atomic mass is 9.40. The van der Waals surface area contributed by atoms with Gasteiger partial charge in [-0.25, -0.2) is 18.4 Å². The van der Waals surface area contributed by atoms with Crippen molar-refractivity contribution in [1.82, 2.24) is 0 Å². The first-order valence-corrected chi connectivity index (χ1v) is 10.2. The second-order valence-corrected chi connectivity index (χ2v) is 10.1. The van der Waals surface area contributed by atoms with E-state index in [2.05, 4.69) is 18.8 Å². The molecule has 4 rings (SSSR count). The second-order valence-electron chi connectivity index (χ2n) is 8.82. The highest BCUT2D eigenvalue weighted by Gasteiger charge is 3.23. The number of halogens is 15. The zero-order chi connectivity index (χ0) is 30.0. The van der Waals surface area contributed by atoms with Gasteiger partial charge in [-0.3, -0.25) is 4.79 Å². The predicted octanol–water partition coefficient (Wildman–Crippen LogP) is 5.11. The van der Waals surface area contributed by atoms with Gasteiger partial charge < -0.3 is 9.47 Å². The van der Waals surface area contributed by atoms with E-state index in [0.717, 1.165) is 13.8 Å². The van der Waals surface area contributed by atoms with Gasteiger partial charge >= 0.3 is 58.5 Å².